The Morgan fingerprint density at radius 1 is 1.04 bits per heavy atom. The molecule has 0 aliphatic heterocycles. The van der Waals surface area contributed by atoms with Crippen molar-refractivity contribution in [2.24, 2.45) is 0 Å². The summed E-state index contributed by atoms with van der Waals surface area (Å²) >= 11 is 0. The van der Waals surface area contributed by atoms with Gasteiger partial charge in [0.25, 0.3) is 6.43 Å². The Labute approximate surface area is 148 Å². The maximum atomic E-state index is 13.0. The van der Waals surface area contributed by atoms with Crippen LogP contribution in [0.25, 0.3) is 0 Å². The van der Waals surface area contributed by atoms with Gasteiger partial charge in [0.15, 0.2) is 5.82 Å². The molecule has 2 amide bonds. The number of carbonyl (C=O) groups excluding carboxylic acids is 1. The summed E-state index contributed by atoms with van der Waals surface area (Å²) in [6, 6.07) is 11.4. The number of pyridine rings is 1. The third kappa shape index (κ3) is 4.02. The van der Waals surface area contributed by atoms with Crippen LogP contribution in [0.15, 0.2) is 61.1 Å². The molecule has 6 nitrogen and oxygen atoms in total. The average molecular weight is 357 g/mol. The number of rotatable bonds is 5. The van der Waals surface area contributed by atoms with Crippen LogP contribution in [-0.2, 0) is 0 Å². The molecule has 3 rings (SSSR count). The van der Waals surface area contributed by atoms with E-state index in [1.165, 1.54) is 17.0 Å². The van der Waals surface area contributed by atoms with Crippen molar-refractivity contribution in [3.8, 4) is 0 Å². The van der Waals surface area contributed by atoms with E-state index in [0.29, 0.717) is 11.5 Å². The molecule has 2 N–H and O–H groups in total. The number of nitrogens with zero attached hydrogens (tertiary/aromatic N) is 3. The molecule has 1 aromatic carbocycles. The number of carbonyl (C=O) groups is 1. The van der Waals surface area contributed by atoms with E-state index in [0.717, 1.165) is 5.56 Å². The molecule has 0 aliphatic carbocycles. The van der Waals surface area contributed by atoms with E-state index in [2.05, 4.69) is 20.6 Å². The summed E-state index contributed by atoms with van der Waals surface area (Å²) in [5.41, 5.74) is 1.40. The second kappa shape index (κ2) is 7.73. The van der Waals surface area contributed by atoms with Crippen LogP contribution in [-0.4, -0.2) is 20.6 Å². The first-order chi connectivity index (χ1) is 12.5. The third-order valence-electron chi connectivity index (χ3n) is 3.87. The largest absolute Gasteiger partial charge is 0.324 e. The van der Waals surface area contributed by atoms with Crippen molar-refractivity contribution in [1.82, 2.24) is 14.5 Å². The lowest BCUT2D eigenvalue weighted by Crippen LogP contribution is -2.20. The number of imidazole rings is 1. The van der Waals surface area contributed by atoms with Gasteiger partial charge in [0, 0.05) is 24.3 Å². The SMILES string of the molecule is C[C@H](c1ccc(NC(=O)Nc2ccccn2)cc1)n1ccnc1C(F)F. The monoisotopic (exact) mass is 357 g/mol. The topological polar surface area (TPSA) is 71.8 Å². The molecule has 2 aromatic heterocycles. The fraction of sp³-hybridized carbons (Fsp3) is 0.167. The van der Waals surface area contributed by atoms with Gasteiger partial charge in [-0.15, -0.1) is 0 Å². The Hall–Kier alpha value is -3.29. The van der Waals surface area contributed by atoms with Gasteiger partial charge in [0.05, 0.1) is 6.04 Å². The van der Waals surface area contributed by atoms with E-state index in [1.807, 2.05) is 6.92 Å². The predicted molar refractivity (Wildman–Crippen MR) is 94.3 cm³/mol. The number of halogens is 2. The lowest BCUT2D eigenvalue weighted by Gasteiger charge is -2.17. The maximum Gasteiger partial charge on any atom is 0.324 e. The van der Waals surface area contributed by atoms with Crippen LogP contribution in [0, 0.1) is 0 Å². The normalized spacial score (nSPS) is 12.0. The standard InChI is InChI=1S/C18H17F2N5O/c1-12(25-11-10-22-17(25)16(19)20)13-5-7-14(8-6-13)23-18(26)24-15-4-2-3-9-21-15/h2-12,16H,1H3,(H2,21,23,24,26)/t12-/m1/s1. The molecule has 0 unspecified atom stereocenters. The van der Waals surface area contributed by atoms with Gasteiger partial charge < -0.3 is 9.88 Å². The van der Waals surface area contributed by atoms with Gasteiger partial charge in [0.2, 0.25) is 0 Å². The van der Waals surface area contributed by atoms with Crippen LogP contribution >= 0.6 is 0 Å². The fourth-order valence-electron chi connectivity index (χ4n) is 2.54. The first kappa shape index (κ1) is 17.5. The highest BCUT2D eigenvalue weighted by Crippen LogP contribution is 2.25. The molecule has 0 fully saturated rings. The van der Waals surface area contributed by atoms with Crippen LogP contribution in [0.3, 0.4) is 0 Å². The van der Waals surface area contributed by atoms with Gasteiger partial charge in [-0.2, -0.15) is 0 Å². The lowest BCUT2D eigenvalue weighted by atomic mass is 10.1. The third-order valence-corrected chi connectivity index (χ3v) is 3.87. The molecule has 0 saturated heterocycles. The average Bonchev–Trinajstić information content (AvgIpc) is 3.12. The highest BCUT2D eigenvalue weighted by atomic mass is 19.3. The lowest BCUT2D eigenvalue weighted by molar-refractivity contribution is 0.134. The van der Waals surface area contributed by atoms with E-state index in [-0.39, 0.29) is 11.9 Å². The van der Waals surface area contributed by atoms with Crippen LogP contribution < -0.4 is 10.6 Å². The smallest absolute Gasteiger partial charge is 0.323 e. The highest BCUT2D eigenvalue weighted by molar-refractivity contribution is 5.99. The van der Waals surface area contributed by atoms with Crippen molar-refractivity contribution in [2.75, 3.05) is 10.6 Å². The number of hydrogen-bond donors (Lipinski definition) is 2. The van der Waals surface area contributed by atoms with Gasteiger partial charge in [-0.1, -0.05) is 18.2 Å². The summed E-state index contributed by atoms with van der Waals surface area (Å²) < 4.78 is 27.4. The minimum Gasteiger partial charge on any atom is -0.323 e. The van der Waals surface area contributed by atoms with Crippen LogP contribution in [0.5, 0.6) is 0 Å². The Balaban J connectivity index is 1.66. The van der Waals surface area contributed by atoms with Crippen LogP contribution in [0.2, 0.25) is 0 Å². The van der Waals surface area contributed by atoms with E-state index >= 15 is 0 Å². The van der Waals surface area contributed by atoms with Gasteiger partial charge >= 0.3 is 6.03 Å². The molecule has 2 heterocycles. The number of hydrogen-bond acceptors (Lipinski definition) is 3. The van der Waals surface area contributed by atoms with Crippen molar-refractivity contribution in [2.45, 2.75) is 19.4 Å². The number of aromatic nitrogens is 3. The minimum atomic E-state index is -2.64. The molecule has 0 spiro atoms. The van der Waals surface area contributed by atoms with Gasteiger partial charge in [-0.05, 0) is 36.8 Å². The molecule has 0 bridgehead atoms. The van der Waals surface area contributed by atoms with Gasteiger partial charge in [0.1, 0.15) is 5.82 Å². The Morgan fingerprint density at radius 3 is 2.46 bits per heavy atom. The number of urea groups is 1. The number of benzene rings is 1. The number of nitrogens with one attached hydrogen (secondary N) is 2. The summed E-state index contributed by atoms with van der Waals surface area (Å²) in [5, 5.41) is 5.30. The Bertz CT molecular complexity index is 865. The Morgan fingerprint density at radius 2 is 1.81 bits per heavy atom. The molecule has 0 radical (unpaired) electrons. The van der Waals surface area contributed by atoms with Crippen molar-refractivity contribution < 1.29 is 13.6 Å². The van der Waals surface area contributed by atoms with Crippen molar-refractivity contribution >= 4 is 17.5 Å². The highest BCUT2D eigenvalue weighted by Gasteiger charge is 2.18. The van der Waals surface area contributed by atoms with Gasteiger partial charge in [-0.3, -0.25) is 5.32 Å². The second-order valence-corrected chi connectivity index (χ2v) is 5.59. The zero-order valence-corrected chi connectivity index (χ0v) is 13.9. The van der Waals surface area contributed by atoms with E-state index in [1.54, 1.807) is 48.7 Å². The molecule has 134 valence electrons. The first-order valence-corrected chi connectivity index (χ1v) is 7.94. The molecule has 26 heavy (non-hydrogen) atoms. The molecular formula is C18H17F2N5O. The summed E-state index contributed by atoms with van der Waals surface area (Å²) in [4.78, 5) is 19.7. The molecule has 1 atom stereocenters. The zero-order chi connectivity index (χ0) is 18.5. The van der Waals surface area contributed by atoms with Crippen molar-refractivity contribution in [3.05, 3.63) is 72.4 Å². The first-order valence-electron chi connectivity index (χ1n) is 7.94. The van der Waals surface area contributed by atoms with Crippen LogP contribution in [0.4, 0.5) is 25.1 Å². The fourth-order valence-corrected chi connectivity index (χ4v) is 2.54. The summed E-state index contributed by atoms with van der Waals surface area (Å²) in [6.07, 6.45) is 1.83. The van der Waals surface area contributed by atoms with Crippen molar-refractivity contribution in [3.63, 3.8) is 0 Å². The number of amides is 2. The molecule has 0 aliphatic rings. The van der Waals surface area contributed by atoms with Gasteiger partial charge in [-0.25, -0.2) is 23.5 Å². The summed E-state index contributed by atoms with van der Waals surface area (Å²) in [6.45, 7) is 1.81. The van der Waals surface area contributed by atoms with Crippen LogP contribution in [0.1, 0.15) is 30.8 Å². The number of anilines is 2. The summed E-state index contributed by atoms with van der Waals surface area (Å²) in [5.74, 6) is 0.171. The maximum absolute atomic E-state index is 13.0. The molecule has 3 aromatic rings. The Kier molecular flexibility index (Phi) is 5.21. The molecule has 0 saturated carbocycles. The van der Waals surface area contributed by atoms with E-state index in [4.69, 9.17) is 0 Å². The second-order valence-electron chi connectivity index (χ2n) is 5.59. The summed E-state index contributed by atoms with van der Waals surface area (Å²) in [7, 11) is 0. The predicted octanol–water partition coefficient (Wildman–Crippen LogP) is 4.47. The molecule has 8 heteroatoms. The quantitative estimate of drug-likeness (QED) is 0.708. The van der Waals surface area contributed by atoms with E-state index < -0.39 is 12.5 Å². The minimum absolute atomic E-state index is 0.269. The molecular weight excluding hydrogens is 340 g/mol. The number of alkyl halides is 2. The van der Waals surface area contributed by atoms with E-state index in [9.17, 15) is 13.6 Å². The van der Waals surface area contributed by atoms with Crippen molar-refractivity contribution in [1.29, 1.82) is 0 Å². The zero-order valence-electron chi connectivity index (χ0n) is 13.9.